The first-order valence-electron chi connectivity index (χ1n) is 8.36. The number of rotatable bonds is 3. The number of carbonyl (C=O) groups is 1. The van der Waals surface area contributed by atoms with Crippen molar-refractivity contribution in [2.24, 2.45) is 7.05 Å². The van der Waals surface area contributed by atoms with Crippen LogP contribution in [0.1, 0.15) is 42.5 Å². The Kier molecular flexibility index (Phi) is 5.52. The molecule has 0 saturated heterocycles. The smallest absolute Gasteiger partial charge is 0.254 e. The molecule has 3 nitrogen and oxygen atoms in total. The number of nitrogens with zero attached hydrogens (tertiary/aromatic N) is 2. The maximum absolute atomic E-state index is 12.8. The van der Waals surface area contributed by atoms with Gasteiger partial charge in [0.25, 0.3) is 5.82 Å². The van der Waals surface area contributed by atoms with E-state index < -0.39 is 0 Å². The molecule has 0 spiro atoms. The average molecular weight is 401 g/mol. The third-order valence-corrected chi connectivity index (χ3v) is 4.78. The van der Waals surface area contributed by atoms with Gasteiger partial charge in [-0.1, -0.05) is 57.2 Å². The molecule has 3 rings (SSSR count). The molecule has 1 aromatic heterocycles. The number of Topliss-reactive ketones (excluding diaryl/α,β-unsaturated/α-hetero) is 1. The first-order valence-corrected chi connectivity index (χ1v) is 8.36. The highest BCUT2D eigenvalue weighted by Crippen LogP contribution is 2.22. The van der Waals surface area contributed by atoms with Crippen molar-refractivity contribution in [3.05, 3.63) is 65.5 Å². The van der Waals surface area contributed by atoms with E-state index in [2.05, 4.69) is 61.1 Å². The molecule has 0 N–H and O–H groups in total. The predicted molar refractivity (Wildman–Crippen MR) is 97.3 cm³/mol. The number of aryl methyl sites for hydroxylation is 1. The number of hydrogen-bond acceptors (Lipinski definition) is 1. The van der Waals surface area contributed by atoms with Crippen molar-refractivity contribution in [3.63, 3.8) is 0 Å². The second-order valence-electron chi connectivity index (χ2n) is 7.43. The van der Waals surface area contributed by atoms with Crippen molar-refractivity contribution in [3.8, 4) is 0 Å². The van der Waals surface area contributed by atoms with E-state index in [-0.39, 0.29) is 28.2 Å². The highest BCUT2D eigenvalue weighted by molar-refractivity contribution is 5.96. The van der Waals surface area contributed by atoms with Crippen molar-refractivity contribution in [1.82, 2.24) is 4.57 Å². The number of imidazole rings is 1. The fourth-order valence-corrected chi connectivity index (χ4v) is 3.10. The van der Waals surface area contributed by atoms with Gasteiger partial charge < -0.3 is 17.0 Å². The highest BCUT2D eigenvalue weighted by Gasteiger charge is 2.22. The second kappa shape index (κ2) is 7.12. The molecule has 0 aliphatic heterocycles. The third kappa shape index (κ3) is 3.69. The summed E-state index contributed by atoms with van der Waals surface area (Å²) in [6, 6.07) is 16.2. The van der Waals surface area contributed by atoms with E-state index in [1.807, 2.05) is 31.3 Å². The van der Waals surface area contributed by atoms with Gasteiger partial charge in [0.2, 0.25) is 5.78 Å². The summed E-state index contributed by atoms with van der Waals surface area (Å²) in [6.45, 7) is 8.95. The lowest BCUT2D eigenvalue weighted by Gasteiger charge is -2.18. The molecule has 2 aromatic carbocycles. The van der Waals surface area contributed by atoms with Crippen LogP contribution in [0.4, 0.5) is 0 Å². The van der Waals surface area contributed by atoms with E-state index in [1.54, 1.807) is 0 Å². The Morgan fingerprint density at radius 2 is 1.64 bits per heavy atom. The standard InChI is InChI=1S/C21H25N2O.BrH/c1-15-22(5)18-8-6-7-9-19(18)23(15)14-20(24)16-10-12-17(13-11-16)21(2,3)4;/h6-13H,14H2,1-5H3;1H/q+1;/p-1. The van der Waals surface area contributed by atoms with Crippen LogP contribution in [0.3, 0.4) is 0 Å². The molecule has 0 fully saturated rings. The molecule has 0 amide bonds. The fourth-order valence-electron chi connectivity index (χ4n) is 3.10. The minimum atomic E-state index is 0. The summed E-state index contributed by atoms with van der Waals surface area (Å²) in [5.74, 6) is 1.22. The zero-order valence-corrected chi connectivity index (χ0v) is 17.1. The highest BCUT2D eigenvalue weighted by atomic mass is 79.9. The van der Waals surface area contributed by atoms with Crippen molar-refractivity contribution in [2.75, 3.05) is 0 Å². The SMILES string of the molecule is Cc1n(CC(=O)c2ccc(C(C)(C)C)cc2)c2ccccc2[n+]1C.[Br-]. The zero-order chi connectivity index (χ0) is 17.5. The predicted octanol–water partition coefficient (Wildman–Crippen LogP) is 0.959. The lowest BCUT2D eigenvalue weighted by atomic mass is 9.86. The van der Waals surface area contributed by atoms with E-state index in [0.717, 1.165) is 22.4 Å². The largest absolute Gasteiger partial charge is 1.00 e. The molecule has 0 aliphatic carbocycles. The van der Waals surface area contributed by atoms with E-state index in [0.29, 0.717) is 6.54 Å². The summed E-state index contributed by atoms with van der Waals surface area (Å²) in [4.78, 5) is 12.8. The molecule has 0 bridgehead atoms. The molecule has 132 valence electrons. The van der Waals surface area contributed by atoms with Crippen LogP contribution in [0.5, 0.6) is 0 Å². The monoisotopic (exact) mass is 400 g/mol. The van der Waals surface area contributed by atoms with Crippen LogP contribution < -0.4 is 21.5 Å². The van der Waals surface area contributed by atoms with E-state index in [4.69, 9.17) is 0 Å². The molecule has 3 aromatic rings. The van der Waals surface area contributed by atoms with Crippen LogP contribution in [-0.2, 0) is 19.0 Å². The Labute approximate surface area is 160 Å². The number of hydrogen-bond donors (Lipinski definition) is 0. The molecule has 0 unspecified atom stereocenters. The Bertz CT molecular complexity index is 902. The number of aromatic nitrogens is 2. The van der Waals surface area contributed by atoms with Crippen LogP contribution in [-0.4, -0.2) is 10.4 Å². The first-order chi connectivity index (χ1) is 11.3. The molecule has 0 radical (unpaired) electrons. The number of para-hydroxylation sites is 2. The minimum absolute atomic E-state index is 0. The summed E-state index contributed by atoms with van der Waals surface area (Å²) in [5, 5.41) is 0. The summed E-state index contributed by atoms with van der Waals surface area (Å²) >= 11 is 0. The van der Waals surface area contributed by atoms with Gasteiger partial charge in [-0.25, -0.2) is 9.13 Å². The zero-order valence-electron chi connectivity index (χ0n) is 15.5. The minimum Gasteiger partial charge on any atom is -1.00 e. The van der Waals surface area contributed by atoms with Gasteiger partial charge in [0, 0.05) is 12.5 Å². The molecule has 0 atom stereocenters. The van der Waals surface area contributed by atoms with Crippen molar-refractivity contribution in [2.45, 2.75) is 39.7 Å². The maximum atomic E-state index is 12.8. The third-order valence-electron chi connectivity index (χ3n) is 4.78. The fraction of sp³-hybridized carbons (Fsp3) is 0.333. The molecule has 1 heterocycles. The lowest BCUT2D eigenvalue weighted by Crippen LogP contribution is -3.00. The van der Waals surface area contributed by atoms with Gasteiger partial charge >= 0.3 is 0 Å². The van der Waals surface area contributed by atoms with Gasteiger partial charge in [0.15, 0.2) is 17.6 Å². The molecule has 0 saturated carbocycles. The number of carbonyl (C=O) groups excluding carboxylic acids is 1. The quantitative estimate of drug-likeness (QED) is 0.474. The van der Waals surface area contributed by atoms with Gasteiger partial charge in [-0.2, -0.15) is 0 Å². The van der Waals surface area contributed by atoms with Gasteiger partial charge in [-0.05, 0) is 23.1 Å². The Balaban J connectivity index is 0.00000225. The maximum Gasteiger partial charge on any atom is 0.254 e. The van der Waals surface area contributed by atoms with E-state index in [1.165, 1.54) is 5.56 Å². The normalized spacial score (nSPS) is 11.4. The van der Waals surface area contributed by atoms with Crippen LogP contribution >= 0.6 is 0 Å². The van der Waals surface area contributed by atoms with Crippen LogP contribution in [0.15, 0.2) is 48.5 Å². The number of ketones is 1. The van der Waals surface area contributed by atoms with Crippen molar-refractivity contribution in [1.29, 1.82) is 0 Å². The topological polar surface area (TPSA) is 25.9 Å². The van der Waals surface area contributed by atoms with Crippen LogP contribution in [0, 0.1) is 6.92 Å². The Morgan fingerprint density at radius 1 is 1.04 bits per heavy atom. The molecule has 0 aliphatic rings. The molecular formula is C21H25BrN2O. The van der Waals surface area contributed by atoms with E-state index >= 15 is 0 Å². The van der Waals surface area contributed by atoms with Crippen LogP contribution in [0.25, 0.3) is 11.0 Å². The molecule has 25 heavy (non-hydrogen) atoms. The summed E-state index contributed by atoms with van der Waals surface area (Å²) in [6.07, 6.45) is 0. The van der Waals surface area contributed by atoms with Crippen molar-refractivity contribution < 1.29 is 26.3 Å². The van der Waals surface area contributed by atoms with Gasteiger partial charge in [-0.3, -0.25) is 4.79 Å². The molecular weight excluding hydrogens is 376 g/mol. The van der Waals surface area contributed by atoms with Gasteiger partial charge in [-0.15, -0.1) is 0 Å². The first kappa shape index (κ1) is 19.4. The summed E-state index contributed by atoms with van der Waals surface area (Å²) < 4.78 is 4.22. The van der Waals surface area contributed by atoms with E-state index in [9.17, 15) is 4.79 Å². The van der Waals surface area contributed by atoms with Gasteiger partial charge in [0.05, 0.1) is 7.05 Å². The molecule has 4 heteroatoms. The summed E-state index contributed by atoms with van der Waals surface area (Å²) in [7, 11) is 2.04. The number of halogens is 1. The summed E-state index contributed by atoms with van der Waals surface area (Å²) in [5.41, 5.74) is 4.35. The van der Waals surface area contributed by atoms with Gasteiger partial charge in [0.1, 0.15) is 0 Å². The Hall–Kier alpha value is -1.94. The second-order valence-corrected chi connectivity index (χ2v) is 7.43. The number of fused-ring (bicyclic) bond motifs is 1. The Morgan fingerprint density at radius 3 is 2.24 bits per heavy atom. The average Bonchev–Trinajstić information content (AvgIpc) is 2.79. The number of benzene rings is 2. The van der Waals surface area contributed by atoms with Crippen LogP contribution in [0.2, 0.25) is 0 Å². The lowest BCUT2D eigenvalue weighted by molar-refractivity contribution is -0.652. The van der Waals surface area contributed by atoms with Crippen molar-refractivity contribution >= 4 is 16.8 Å².